The molecule has 0 aromatic carbocycles. The summed E-state index contributed by atoms with van der Waals surface area (Å²) >= 11 is 0. The zero-order valence-corrected chi connectivity index (χ0v) is 12.5. The minimum atomic E-state index is 0.148. The van der Waals surface area contributed by atoms with Gasteiger partial charge in [-0.05, 0) is 32.5 Å². The summed E-state index contributed by atoms with van der Waals surface area (Å²) in [6.07, 6.45) is 4.88. The first-order valence-electron chi connectivity index (χ1n) is 7.11. The quantitative estimate of drug-likeness (QED) is 0.843. The van der Waals surface area contributed by atoms with E-state index in [4.69, 9.17) is 10.2 Å². The van der Waals surface area contributed by atoms with Crippen molar-refractivity contribution in [3.8, 4) is 0 Å². The second kappa shape index (κ2) is 6.72. The standard InChI is InChI=1S/C15H24N4O/c1-4-7-19-11-17-9-15(19)14(8-16)18(3)10-13-6-5-12(2)20-13/h5-6,9,11,14H,4,7-8,10,16H2,1-3H3. The Morgan fingerprint density at radius 1 is 1.45 bits per heavy atom. The van der Waals surface area contributed by atoms with E-state index in [2.05, 4.69) is 28.4 Å². The normalized spacial score (nSPS) is 13.1. The first-order chi connectivity index (χ1) is 9.65. The molecule has 0 amide bonds. The molecule has 0 aliphatic rings. The van der Waals surface area contributed by atoms with Crippen LogP contribution < -0.4 is 5.73 Å². The number of nitrogens with two attached hydrogens (primary N) is 1. The van der Waals surface area contributed by atoms with Crippen LogP contribution in [-0.4, -0.2) is 28.0 Å². The largest absolute Gasteiger partial charge is 0.465 e. The van der Waals surface area contributed by atoms with Crippen molar-refractivity contribution in [3.05, 3.63) is 41.9 Å². The smallest absolute Gasteiger partial charge is 0.118 e. The van der Waals surface area contributed by atoms with Crippen molar-refractivity contribution in [2.45, 2.75) is 39.4 Å². The summed E-state index contributed by atoms with van der Waals surface area (Å²) in [5.74, 6) is 1.90. The van der Waals surface area contributed by atoms with Gasteiger partial charge in [-0.15, -0.1) is 0 Å². The highest BCUT2D eigenvalue weighted by molar-refractivity contribution is 5.09. The van der Waals surface area contributed by atoms with Gasteiger partial charge in [-0.1, -0.05) is 6.92 Å². The number of aromatic nitrogens is 2. The van der Waals surface area contributed by atoms with Crippen LogP contribution >= 0.6 is 0 Å². The van der Waals surface area contributed by atoms with E-state index in [9.17, 15) is 0 Å². The molecule has 2 aromatic rings. The Labute approximate surface area is 120 Å². The Kier molecular flexibility index (Phi) is 4.98. The predicted molar refractivity (Wildman–Crippen MR) is 79.2 cm³/mol. The van der Waals surface area contributed by atoms with Crippen molar-refractivity contribution in [2.75, 3.05) is 13.6 Å². The SMILES string of the molecule is CCCn1cncc1C(CN)N(C)Cc1ccc(C)o1. The lowest BCUT2D eigenvalue weighted by Crippen LogP contribution is -2.31. The van der Waals surface area contributed by atoms with Gasteiger partial charge in [0.1, 0.15) is 11.5 Å². The van der Waals surface area contributed by atoms with E-state index in [1.54, 1.807) is 0 Å². The number of hydrogen-bond donors (Lipinski definition) is 1. The molecule has 0 fully saturated rings. The Hall–Kier alpha value is -1.59. The van der Waals surface area contributed by atoms with Crippen molar-refractivity contribution >= 4 is 0 Å². The summed E-state index contributed by atoms with van der Waals surface area (Å²) < 4.78 is 7.82. The summed E-state index contributed by atoms with van der Waals surface area (Å²) in [6.45, 7) is 6.40. The molecule has 110 valence electrons. The van der Waals surface area contributed by atoms with Gasteiger partial charge in [-0.25, -0.2) is 4.98 Å². The van der Waals surface area contributed by atoms with Crippen LogP contribution in [0.5, 0.6) is 0 Å². The van der Waals surface area contributed by atoms with Crippen LogP contribution in [0.2, 0.25) is 0 Å². The van der Waals surface area contributed by atoms with E-state index in [0.29, 0.717) is 6.54 Å². The molecule has 0 spiro atoms. The average Bonchev–Trinajstić information content (AvgIpc) is 3.01. The molecule has 2 rings (SSSR count). The first-order valence-corrected chi connectivity index (χ1v) is 7.11. The van der Waals surface area contributed by atoms with E-state index in [1.807, 2.05) is 31.6 Å². The lowest BCUT2D eigenvalue weighted by Gasteiger charge is -2.27. The summed E-state index contributed by atoms with van der Waals surface area (Å²) in [7, 11) is 2.07. The first kappa shape index (κ1) is 14.8. The maximum atomic E-state index is 5.98. The monoisotopic (exact) mass is 276 g/mol. The molecular weight excluding hydrogens is 252 g/mol. The van der Waals surface area contributed by atoms with Crippen molar-refractivity contribution in [1.82, 2.24) is 14.5 Å². The van der Waals surface area contributed by atoms with E-state index >= 15 is 0 Å². The molecule has 1 atom stereocenters. The second-order valence-electron chi connectivity index (χ2n) is 5.19. The molecule has 2 heterocycles. The van der Waals surface area contributed by atoms with Gasteiger partial charge in [-0.3, -0.25) is 4.90 Å². The fraction of sp³-hybridized carbons (Fsp3) is 0.533. The minimum absolute atomic E-state index is 0.148. The summed E-state index contributed by atoms with van der Waals surface area (Å²) in [4.78, 5) is 6.47. The zero-order chi connectivity index (χ0) is 14.5. The Morgan fingerprint density at radius 2 is 2.25 bits per heavy atom. The van der Waals surface area contributed by atoms with Crippen LogP contribution in [0.15, 0.2) is 29.1 Å². The van der Waals surface area contributed by atoms with E-state index in [0.717, 1.165) is 31.0 Å². The minimum Gasteiger partial charge on any atom is -0.465 e. The molecule has 0 bridgehead atoms. The second-order valence-corrected chi connectivity index (χ2v) is 5.19. The van der Waals surface area contributed by atoms with Crippen LogP contribution in [0.3, 0.4) is 0 Å². The number of imidazole rings is 1. The number of hydrogen-bond acceptors (Lipinski definition) is 4. The summed E-state index contributed by atoms with van der Waals surface area (Å²) in [5, 5.41) is 0. The van der Waals surface area contributed by atoms with Gasteiger partial charge in [0.15, 0.2) is 0 Å². The average molecular weight is 276 g/mol. The maximum Gasteiger partial charge on any atom is 0.118 e. The fourth-order valence-electron chi connectivity index (χ4n) is 2.49. The number of nitrogens with zero attached hydrogens (tertiary/aromatic N) is 3. The predicted octanol–water partition coefficient (Wildman–Crippen LogP) is 2.33. The van der Waals surface area contributed by atoms with Crippen LogP contribution in [0.25, 0.3) is 0 Å². The van der Waals surface area contributed by atoms with Gasteiger partial charge in [0, 0.05) is 19.3 Å². The van der Waals surface area contributed by atoms with Gasteiger partial charge in [0.25, 0.3) is 0 Å². The molecule has 1 unspecified atom stereocenters. The van der Waals surface area contributed by atoms with Crippen LogP contribution in [-0.2, 0) is 13.1 Å². The summed E-state index contributed by atoms with van der Waals surface area (Å²) in [6, 6.07) is 4.15. The number of likely N-dealkylation sites (N-methyl/N-ethyl adjacent to an activating group) is 1. The lowest BCUT2D eigenvalue weighted by molar-refractivity contribution is 0.213. The molecule has 0 saturated heterocycles. The third kappa shape index (κ3) is 3.29. The van der Waals surface area contributed by atoms with Gasteiger partial charge in [-0.2, -0.15) is 0 Å². The van der Waals surface area contributed by atoms with Gasteiger partial charge in [0.2, 0.25) is 0 Å². The van der Waals surface area contributed by atoms with E-state index in [-0.39, 0.29) is 6.04 Å². The van der Waals surface area contributed by atoms with E-state index in [1.165, 1.54) is 5.69 Å². The molecule has 5 nitrogen and oxygen atoms in total. The third-order valence-electron chi connectivity index (χ3n) is 3.51. The van der Waals surface area contributed by atoms with Crippen LogP contribution in [0.4, 0.5) is 0 Å². The Morgan fingerprint density at radius 3 is 2.85 bits per heavy atom. The molecule has 5 heteroatoms. The number of rotatable bonds is 7. The number of aryl methyl sites for hydroxylation is 2. The topological polar surface area (TPSA) is 60.2 Å². The molecule has 0 aliphatic heterocycles. The van der Waals surface area contributed by atoms with Gasteiger partial charge >= 0.3 is 0 Å². The van der Waals surface area contributed by atoms with Gasteiger partial charge in [0.05, 0.1) is 24.6 Å². The van der Waals surface area contributed by atoms with Gasteiger partial charge < -0.3 is 14.7 Å². The van der Waals surface area contributed by atoms with Crippen molar-refractivity contribution in [2.24, 2.45) is 5.73 Å². The fourth-order valence-corrected chi connectivity index (χ4v) is 2.49. The highest BCUT2D eigenvalue weighted by Gasteiger charge is 2.20. The van der Waals surface area contributed by atoms with Crippen molar-refractivity contribution < 1.29 is 4.42 Å². The molecule has 0 radical (unpaired) electrons. The van der Waals surface area contributed by atoms with Crippen molar-refractivity contribution in [3.63, 3.8) is 0 Å². The van der Waals surface area contributed by atoms with Crippen LogP contribution in [0.1, 0.15) is 36.6 Å². The highest BCUT2D eigenvalue weighted by atomic mass is 16.3. The van der Waals surface area contributed by atoms with E-state index < -0.39 is 0 Å². The molecule has 0 saturated carbocycles. The van der Waals surface area contributed by atoms with Crippen molar-refractivity contribution in [1.29, 1.82) is 0 Å². The molecule has 0 aliphatic carbocycles. The third-order valence-corrected chi connectivity index (χ3v) is 3.51. The Balaban J connectivity index is 2.12. The molecule has 20 heavy (non-hydrogen) atoms. The zero-order valence-electron chi connectivity index (χ0n) is 12.5. The molecule has 2 aromatic heterocycles. The van der Waals surface area contributed by atoms with Crippen LogP contribution in [0, 0.1) is 6.92 Å². The highest BCUT2D eigenvalue weighted by Crippen LogP contribution is 2.21. The number of furan rings is 1. The Bertz CT molecular complexity index is 531. The maximum absolute atomic E-state index is 5.98. The molecule has 2 N–H and O–H groups in total. The lowest BCUT2D eigenvalue weighted by atomic mass is 10.2. The molecular formula is C15H24N4O. The summed E-state index contributed by atoms with van der Waals surface area (Å²) in [5.41, 5.74) is 7.14.